The second-order valence-corrected chi connectivity index (χ2v) is 4.53. The zero-order valence-electron chi connectivity index (χ0n) is 9.70. The number of anilines is 1. The molecule has 98 valence electrons. The number of methoxy groups -OCH3 is 1. The Hall–Kier alpha value is -1.51. The summed E-state index contributed by atoms with van der Waals surface area (Å²) in [7, 11) is 1.54. The van der Waals surface area contributed by atoms with Gasteiger partial charge in [0.2, 0.25) is 0 Å². The van der Waals surface area contributed by atoms with Gasteiger partial charge in [-0.25, -0.2) is 4.79 Å². The summed E-state index contributed by atoms with van der Waals surface area (Å²) in [5.74, 6) is -0.317. The van der Waals surface area contributed by atoms with Crippen molar-refractivity contribution in [2.45, 2.75) is 6.42 Å². The van der Waals surface area contributed by atoms with Crippen LogP contribution in [0.3, 0.4) is 0 Å². The van der Waals surface area contributed by atoms with Gasteiger partial charge in [-0.2, -0.15) is 0 Å². The Morgan fingerprint density at radius 2 is 2.17 bits per heavy atom. The molecular formula is C11H13IN2O4. The van der Waals surface area contributed by atoms with E-state index in [9.17, 15) is 9.59 Å². The third-order valence-corrected chi connectivity index (χ3v) is 2.99. The van der Waals surface area contributed by atoms with Crippen LogP contribution in [0.5, 0.6) is 5.75 Å². The number of hydrogen-bond acceptors (Lipinski definition) is 3. The predicted molar refractivity (Wildman–Crippen MR) is 75.0 cm³/mol. The van der Waals surface area contributed by atoms with Crippen LogP contribution in [0.1, 0.15) is 6.42 Å². The van der Waals surface area contributed by atoms with Crippen LogP contribution in [0.2, 0.25) is 0 Å². The fourth-order valence-corrected chi connectivity index (χ4v) is 1.65. The molecule has 0 unspecified atom stereocenters. The number of urea groups is 1. The molecule has 18 heavy (non-hydrogen) atoms. The van der Waals surface area contributed by atoms with Crippen molar-refractivity contribution in [1.82, 2.24) is 5.32 Å². The molecular weight excluding hydrogens is 351 g/mol. The number of ether oxygens (including phenoxy) is 1. The molecule has 0 fully saturated rings. The highest BCUT2D eigenvalue weighted by molar-refractivity contribution is 14.1. The maximum absolute atomic E-state index is 11.5. The second kappa shape index (κ2) is 7.04. The molecule has 0 aliphatic carbocycles. The highest BCUT2D eigenvalue weighted by Crippen LogP contribution is 2.23. The number of carbonyl (C=O) groups excluding carboxylic acids is 1. The van der Waals surface area contributed by atoms with E-state index in [2.05, 4.69) is 33.2 Å². The summed E-state index contributed by atoms with van der Waals surface area (Å²) in [6, 6.07) is 4.85. The molecule has 0 atom stereocenters. The third-order valence-electron chi connectivity index (χ3n) is 2.05. The van der Waals surface area contributed by atoms with E-state index < -0.39 is 12.0 Å². The van der Waals surface area contributed by atoms with Gasteiger partial charge in [0, 0.05) is 16.2 Å². The summed E-state index contributed by atoms with van der Waals surface area (Å²) in [5.41, 5.74) is 0.614. The van der Waals surface area contributed by atoms with Crippen LogP contribution >= 0.6 is 22.6 Å². The lowest BCUT2D eigenvalue weighted by molar-refractivity contribution is -0.136. The number of carboxylic acid groups (broad SMARTS) is 1. The Labute approximate surface area is 118 Å². The van der Waals surface area contributed by atoms with Gasteiger partial charge < -0.3 is 20.5 Å². The van der Waals surface area contributed by atoms with Crippen molar-refractivity contribution in [3.63, 3.8) is 0 Å². The van der Waals surface area contributed by atoms with Gasteiger partial charge in [-0.3, -0.25) is 4.79 Å². The molecule has 7 heteroatoms. The number of hydrogen-bond donors (Lipinski definition) is 3. The minimum absolute atomic E-state index is 0.0850. The van der Waals surface area contributed by atoms with Crippen molar-refractivity contribution >= 4 is 40.3 Å². The first-order valence-electron chi connectivity index (χ1n) is 5.13. The lowest BCUT2D eigenvalue weighted by Gasteiger charge is -2.10. The van der Waals surface area contributed by atoms with Gasteiger partial charge in [-0.05, 0) is 34.7 Å². The highest BCUT2D eigenvalue weighted by atomic mass is 127. The molecule has 0 heterocycles. The summed E-state index contributed by atoms with van der Waals surface area (Å²) in [4.78, 5) is 21.8. The number of amides is 2. The Kier molecular flexibility index (Phi) is 5.69. The van der Waals surface area contributed by atoms with Gasteiger partial charge >= 0.3 is 12.0 Å². The van der Waals surface area contributed by atoms with Crippen LogP contribution in [0.25, 0.3) is 0 Å². The van der Waals surface area contributed by atoms with Crippen molar-refractivity contribution < 1.29 is 19.4 Å². The molecule has 0 bridgehead atoms. The van der Waals surface area contributed by atoms with Crippen molar-refractivity contribution in [2.24, 2.45) is 0 Å². The fraction of sp³-hybridized carbons (Fsp3) is 0.273. The third kappa shape index (κ3) is 4.78. The summed E-state index contributed by atoms with van der Waals surface area (Å²) >= 11 is 2.08. The lowest BCUT2D eigenvalue weighted by atomic mass is 10.3. The molecule has 0 spiro atoms. The number of halogens is 1. The molecule has 3 N–H and O–H groups in total. The molecule has 0 aliphatic rings. The topological polar surface area (TPSA) is 87.7 Å². The van der Waals surface area contributed by atoms with Crippen molar-refractivity contribution in [1.29, 1.82) is 0 Å². The molecule has 1 aromatic rings. The number of carboxylic acids is 1. The second-order valence-electron chi connectivity index (χ2n) is 3.37. The maximum Gasteiger partial charge on any atom is 0.319 e. The van der Waals surface area contributed by atoms with E-state index in [0.717, 1.165) is 3.57 Å². The summed E-state index contributed by atoms with van der Waals surface area (Å²) in [5, 5.41) is 13.5. The average Bonchev–Trinajstić information content (AvgIpc) is 2.31. The standard InChI is InChI=1S/C11H13IN2O4/c1-18-7-2-3-8(12)9(6-7)14-11(17)13-5-4-10(15)16/h2-3,6H,4-5H2,1H3,(H,15,16)(H2,13,14,17). The smallest absolute Gasteiger partial charge is 0.319 e. The first kappa shape index (κ1) is 14.6. The van der Waals surface area contributed by atoms with E-state index in [4.69, 9.17) is 9.84 Å². The predicted octanol–water partition coefficient (Wildman–Crippen LogP) is 1.90. The first-order valence-corrected chi connectivity index (χ1v) is 6.21. The van der Waals surface area contributed by atoms with Gasteiger partial charge in [0.15, 0.2) is 0 Å². The minimum Gasteiger partial charge on any atom is -0.497 e. The Morgan fingerprint density at radius 1 is 1.44 bits per heavy atom. The minimum atomic E-state index is -0.953. The number of benzene rings is 1. The van der Waals surface area contributed by atoms with Crippen LogP contribution < -0.4 is 15.4 Å². The maximum atomic E-state index is 11.5. The van der Waals surface area contributed by atoms with Crippen LogP contribution in [0.15, 0.2) is 18.2 Å². The molecule has 0 radical (unpaired) electrons. The SMILES string of the molecule is COc1ccc(I)c(NC(=O)NCCC(=O)O)c1. The lowest BCUT2D eigenvalue weighted by Crippen LogP contribution is -2.30. The molecule has 0 aromatic heterocycles. The molecule has 0 saturated carbocycles. The Bertz CT molecular complexity index is 451. The Morgan fingerprint density at radius 3 is 2.78 bits per heavy atom. The molecule has 0 aliphatic heterocycles. The zero-order valence-corrected chi connectivity index (χ0v) is 11.9. The molecule has 6 nitrogen and oxygen atoms in total. The average molecular weight is 364 g/mol. The normalized spacial score (nSPS) is 9.67. The van der Waals surface area contributed by atoms with Gasteiger partial charge in [0.1, 0.15) is 5.75 Å². The summed E-state index contributed by atoms with van der Waals surface area (Å²) < 4.78 is 5.91. The summed E-state index contributed by atoms with van der Waals surface area (Å²) in [6.45, 7) is 0.0850. The van der Waals surface area contributed by atoms with Crippen LogP contribution in [-0.2, 0) is 4.79 Å². The molecule has 0 saturated heterocycles. The van der Waals surface area contributed by atoms with Gasteiger partial charge in [-0.15, -0.1) is 0 Å². The molecule has 1 rings (SSSR count). The molecule has 2 amide bonds. The van der Waals surface area contributed by atoms with E-state index in [-0.39, 0.29) is 13.0 Å². The largest absolute Gasteiger partial charge is 0.497 e. The Balaban J connectivity index is 2.55. The number of carbonyl (C=O) groups is 2. The van der Waals surface area contributed by atoms with Crippen LogP contribution in [0.4, 0.5) is 10.5 Å². The van der Waals surface area contributed by atoms with Crippen molar-refractivity contribution in [3.05, 3.63) is 21.8 Å². The van der Waals surface area contributed by atoms with E-state index in [1.807, 2.05) is 6.07 Å². The summed E-state index contributed by atoms with van der Waals surface area (Å²) in [6.07, 6.45) is -0.109. The number of nitrogens with one attached hydrogen (secondary N) is 2. The fourth-order valence-electron chi connectivity index (χ4n) is 1.18. The van der Waals surface area contributed by atoms with E-state index in [0.29, 0.717) is 11.4 Å². The van der Waals surface area contributed by atoms with Crippen LogP contribution in [-0.4, -0.2) is 30.8 Å². The molecule has 1 aromatic carbocycles. The number of rotatable bonds is 5. The zero-order chi connectivity index (χ0) is 13.5. The van der Waals surface area contributed by atoms with Gasteiger partial charge in [0.25, 0.3) is 0 Å². The van der Waals surface area contributed by atoms with Crippen LogP contribution in [0, 0.1) is 3.57 Å². The van der Waals surface area contributed by atoms with Gasteiger partial charge in [0.05, 0.1) is 19.2 Å². The van der Waals surface area contributed by atoms with Gasteiger partial charge in [-0.1, -0.05) is 0 Å². The van der Waals surface area contributed by atoms with Crippen molar-refractivity contribution in [3.8, 4) is 5.75 Å². The quantitative estimate of drug-likeness (QED) is 0.697. The van der Waals surface area contributed by atoms with E-state index >= 15 is 0 Å². The monoisotopic (exact) mass is 364 g/mol. The highest BCUT2D eigenvalue weighted by Gasteiger charge is 2.07. The van der Waals surface area contributed by atoms with E-state index in [1.165, 1.54) is 0 Å². The van der Waals surface area contributed by atoms with Crippen molar-refractivity contribution in [2.75, 3.05) is 19.0 Å². The number of aliphatic carboxylic acids is 1. The first-order chi connectivity index (χ1) is 8.52. The van der Waals surface area contributed by atoms with E-state index in [1.54, 1.807) is 19.2 Å².